The number of nitrogens with zero attached hydrogens (tertiary/aromatic N) is 1. The molecule has 2 atom stereocenters. The van der Waals surface area contributed by atoms with Crippen LogP contribution in [-0.4, -0.2) is 30.1 Å². The zero-order valence-corrected chi connectivity index (χ0v) is 12.1. The van der Waals surface area contributed by atoms with Gasteiger partial charge in [-0.3, -0.25) is 0 Å². The van der Waals surface area contributed by atoms with E-state index < -0.39 is 0 Å². The standard InChI is InChI=1S/C17H19NO3/c1-18-11-6-7-12(18)9-13(8-11)20-16-10-17(19)21-15-5-3-2-4-14(15)16/h2-5,10-13H,6-9H2,1H3/t11-,12-/m0/s1. The van der Waals surface area contributed by atoms with Crippen molar-refractivity contribution in [1.29, 1.82) is 0 Å². The van der Waals surface area contributed by atoms with Crippen LogP contribution in [0.1, 0.15) is 25.7 Å². The van der Waals surface area contributed by atoms with Gasteiger partial charge in [0.25, 0.3) is 0 Å². The van der Waals surface area contributed by atoms with Gasteiger partial charge in [-0.15, -0.1) is 0 Å². The van der Waals surface area contributed by atoms with Gasteiger partial charge in [0.15, 0.2) is 0 Å². The molecule has 110 valence electrons. The maximum absolute atomic E-state index is 11.7. The molecule has 3 heterocycles. The summed E-state index contributed by atoms with van der Waals surface area (Å²) in [6, 6.07) is 10.3. The van der Waals surface area contributed by atoms with Crippen LogP contribution in [0.3, 0.4) is 0 Å². The largest absolute Gasteiger partial charge is 0.489 e. The van der Waals surface area contributed by atoms with E-state index in [9.17, 15) is 4.79 Å². The Hall–Kier alpha value is -1.81. The van der Waals surface area contributed by atoms with E-state index in [1.807, 2.05) is 24.3 Å². The molecule has 0 amide bonds. The SMILES string of the molecule is CN1[C@H]2CC[C@H]1CC(Oc1cc(=O)oc3ccccc13)C2. The molecule has 1 aromatic heterocycles. The molecule has 2 bridgehead atoms. The maximum Gasteiger partial charge on any atom is 0.339 e. The third-order valence-electron chi connectivity index (χ3n) is 4.96. The average Bonchev–Trinajstić information content (AvgIpc) is 2.70. The summed E-state index contributed by atoms with van der Waals surface area (Å²) in [6.07, 6.45) is 4.81. The van der Waals surface area contributed by atoms with Crippen LogP contribution in [0.25, 0.3) is 11.0 Å². The van der Waals surface area contributed by atoms with Gasteiger partial charge in [-0.05, 0) is 44.9 Å². The molecule has 2 aliphatic heterocycles. The Morgan fingerprint density at radius 2 is 1.90 bits per heavy atom. The summed E-state index contributed by atoms with van der Waals surface area (Å²) in [6.45, 7) is 0. The molecule has 2 fully saturated rings. The molecule has 0 radical (unpaired) electrons. The number of rotatable bonds is 2. The van der Waals surface area contributed by atoms with Gasteiger partial charge >= 0.3 is 5.63 Å². The zero-order chi connectivity index (χ0) is 14.4. The zero-order valence-electron chi connectivity index (χ0n) is 12.1. The molecule has 1 aromatic carbocycles. The number of benzene rings is 1. The lowest BCUT2D eigenvalue weighted by atomic mass is 10.0. The minimum Gasteiger partial charge on any atom is -0.489 e. The van der Waals surface area contributed by atoms with Gasteiger partial charge in [-0.25, -0.2) is 4.79 Å². The Labute approximate surface area is 123 Å². The lowest BCUT2D eigenvalue weighted by Gasteiger charge is -2.36. The highest BCUT2D eigenvalue weighted by molar-refractivity contribution is 5.82. The van der Waals surface area contributed by atoms with Crippen molar-refractivity contribution in [1.82, 2.24) is 4.90 Å². The molecule has 21 heavy (non-hydrogen) atoms. The van der Waals surface area contributed by atoms with E-state index in [0.717, 1.165) is 18.2 Å². The first-order chi connectivity index (χ1) is 10.2. The fourth-order valence-corrected chi connectivity index (χ4v) is 3.82. The quantitative estimate of drug-likeness (QED) is 0.796. The Kier molecular flexibility index (Phi) is 3.00. The fourth-order valence-electron chi connectivity index (χ4n) is 3.82. The van der Waals surface area contributed by atoms with E-state index in [1.165, 1.54) is 18.9 Å². The molecule has 0 N–H and O–H groups in total. The first-order valence-corrected chi connectivity index (χ1v) is 7.62. The Morgan fingerprint density at radius 3 is 2.67 bits per heavy atom. The smallest absolute Gasteiger partial charge is 0.339 e. The summed E-state index contributed by atoms with van der Waals surface area (Å²) in [5, 5.41) is 0.878. The van der Waals surface area contributed by atoms with Crippen molar-refractivity contribution >= 4 is 11.0 Å². The number of fused-ring (bicyclic) bond motifs is 3. The predicted octanol–water partition coefficient (Wildman–Crippen LogP) is 2.80. The summed E-state index contributed by atoms with van der Waals surface area (Å²) < 4.78 is 11.4. The van der Waals surface area contributed by atoms with Gasteiger partial charge in [-0.1, -0.05) is 12.1 Å². The lowest BCUT2D eigenvalue weighted by Crippen LogP contribution is -2.43. The summed E-state index contributed by atoms with van der Waals surface area (Å²) in [7, 11) is 2.21. The van der Waals surface area contributed by atoms with Gasteiger partial charge < -0.3 is 14.1 Å². The van der Waals surface area contributed by atoms with E-state index in [0.29, 0.717) is 23.4 Å². The van der Waals surface area contributed by atoms with Gasteiger partial charge in [0.05, 0.1) is 11.5 Å². The molecule has 2 saturated heterocycles. The normalized spacial score (nSPS) is 28.9. The molecule has 4 heteroatoms. The van der Waals surface area contributed by atoms with Crippen LogP contribution in [-0.2, 0) is 0 Å². The number of piperidine rings is 1. The third-order valence-corrected chi connectivity index (χ3v) is 4.96. The Morgan fingerprint density at radius 1 is 1.19 bits per heavy atom. The first-order valence-electron chi connectivity index (χ1n) is 7.62. The van der Waals surface area contributed by atoms with Gasteiger partial charge in [0.1, 0.15) is 17.4 Å². The molecule has 0 spiro atoms. The summed E-state index contributed by atoms with van der Waals surface area (Å²) in [5.41, 5.74) is 0.246. The summed E-state index contributed by atoms with van der Waals surface area (Å²) >= 11 is 0. The third kappa shape index (κ3) is 2.23. The molecular formula is C17H19NO3. The number of ether oxygens (including phenoxy) is 1. The molecule has 4 rings (SSSR count). The van der Waals surface area contributed by atoms with E-state index in [4.69, 9.17) is 9.15 Å². The highest BCUT2D eigenvalue weighted by Gasteiger charge is 2.39. The Bertz CT molecular complexity index is 709. The van der Waals surface area contributed by atoms with Crippen molar-refractivity contribution in [3.63, 3.8) is 0 Å². The second-order valence-electron chi connectivity index (χ2n) is 6.19. The highest BCUT2D eigenvalue weighted by atomic mass is 16.5. The topological polar surface area (TPSA) is 42.7 Å². The van der Waals surface area contributed by atoms with Crippen molar-refractivity contribution in [2.24, 2.45) is 0 Å². The fraction of sp³-hybridized carbons (Fsp3) is 0.471. The van der Waals surface area contributed by atoms with Gasteiger partial charge in [-0.2, -0.15) is 0 Å². The minimum atomic E-state index is -0.348. The minimum absolute atomic E-state index is 0.198. The molecule has 4 nitrogen and oxygen atoms in total. The average molecular weight is 285 g/mol. The molecular weight excluding hydrogens is 266 g/mol. The van der Waals surface area contributed by atoms with Crippen LogP contribution in [0.15, 0.2) is 39.5 Å². The van der Waals surface area contributed by atoms with Crippen LogP contribution >= 0.6 is 0 Å². The van der Waals surface area contributed by atoms with E-state index in [-0.39, 0.29) is 11.7 Å². The monoisotopic (exact) mass is 285 g/mol. The van der Waals surface area contributed by atoms with E-state index >= 15 is 0 Å². The molecule has 0 unspecified atom stereocenters. The van der Waals surface area contributed by atoms with Crippen LogP contribution in [0.2, 0.25) is 0 Å². The number of para-hydroxylation sites is 1. The molecule has 0 aliphatic carbocycles. The predicted molar refractivity (Wildman–Crippen MR) is 80.7 cm³/mol. The molecule has 2 aromatic rings. The highest BCUT2D eigenvalue weighted by Crippen LogP contribution is 2.36. The summed E-state index contributed by atoms with van der Waals surface area (Å²) in [5.74, 6) is 0.663. The molecule has 2 aliphatic rings. The maximum atomic E-state index is 11.7. The van der Waals surface area contributed by atoms with Gasteiger partial charge in [0.2, 0.25) is 0 Å². The second kappa shape index (κ2) is 4.88. The second-order valence-corrected chi connectivity index (χ2v) is 6.19. The summed E-state index contributed by atoms with van der Waals surface area (Å²) in [4.78, 5) is 14.2. The van der Waals surface area contributed by atoms with E-state index in [2.05, 4.69) is 11.9 Å². The van der Waals surface area contributed by atoms with Crippen molar-refractivity contribution in [2.75, 3.05) is 7.05 Å². The van der Waals surface area contributed by atoms with Crippen molar-refractivity contribution < 1.29 is 9.15 Å². The van der Waals surface area contributed by atoms with Crippen LogP contribution < -0.4 is 10.4 Å². The Balaban J connectivity index is 1.64. The van der Waals surface area contributed by atoms with Crippen LogP contribution in [0.4, 0.5) is 0 Å². The number of hydrogen-bond acceptors (Lipinski definition) is 4. The van der Waals surface area contributed by atoms with Gasteiger partial charge in [0, 0.05) is 12.1 Å². The van der Waals surface area contributed by atoms with E-state index in [1.54, 1.807) is 0 Å². The lowest BCUT2D eigenvalue weighted by molar-refractivity contribution is 0.0668. The van der Waals surface area contributed by atoms with Crippen molar-refractivity contribution in [2.45, 2.75) is 43.9 Å². The molecule has 0 saturated carbocycles. The van der Waals surface area contributed by atoms with Crippen molar-refractivity contribution in [3.05, 3.63) is 40.8 Å². The first kappa shape index (κ1) is 12.9. The van der Waals surface area contributed by atoms with Crippen molar-refractivity contribution in [3.8, 4) is 5.75 Å². The number of hydrogen-bond donors (Lipinski definition) is 0. The van der Waals surface area contributed by atoms with Crippen LogP contribution in [0.5, 0.6) is 5.75 Å². The van der Waals surface area contributed by atoms with Crippen LogP contribution in [0, 0.1) is 0 Å².